The number of para-hydroxylation sites is 3. The Bertz CT molecular complexity index is 1630. The van der Waals surface area contributed by atoms with Crippen LogP contribution in [0.1, 0.15) is 18.1 Å². The highest BCUT2D eigenvalue weighted by Crippen LogP contribution is 2.63. The van der Waals surface area contributed by atoms with Crippen molar-refractivity contribution in [2.75, 3.05) is 21.7 Å². The van der Waals surface area contributed by atoms with Gasteiger partial charge in [-0.15, -0.1) is 0 Å². The van der Waals surface area contributed by atoms with Gasteiger partial charge >= 0.3 is 0 Å². The number of benzene rings is 3. The molecule has 3 aromatic carbocycles. The lowest BCUT2D eigenvalue weighted by Gasteiger charge is -2.55. The van der Waals surface area contributed by atoms with Crippen LogP contribution in [0.5, 0.6) is 0 Å². The van der Waals surface area contributed by atoms with Crippen molar-refractivity contribution in [1.29, 1.82) is 0 Å². The van der Waals surface area contributed by atoms with Gasteiger partial charge in [0.1, 0.15) is 12.3 Å². The van der Waals surface area contributed by atoms with Crippen LogP contribution in [0.4, 0.5) is 28.7 Å². The number of hydrogen-bond donors (Lipinski definition) is 0. The number of fused-ring (bicyclic) bond motifs is 12. The van der Waals surface area contributed by atoms with Crippen molar-refractivity contribution in [1.82, 2.24) is 14.9 Å². The van der Waals surface area contributed by atoms with Gasteiger partial charge in [-0.25, -0.2) is 9.97 Å². The monoisotopic (exact) mass is 496 g/mol. The Morgan fingerprint density at radius 1 is 0.737 bits per heavy atom. The minimum atomic E-state index is -0.372. The molecule has 0 saturated carbocycles. The molecule has 0 radical (unpaired) electrons. The Kier molecular flexibility index (Phi) is 4.23. The van der Waals surface area contributed by atoms with E-state index < -0.39 is 0 Å². The molecule has 0 N–H and O–H groups in total. The number of rotatable bonds is 1. The highest BCUT2D eigenvalue weighted by molar-refractivity contribution is 5.92. The first-order chi connectivity index (χ1) is 18.6. The van der Waals surface area contributed by atoms with E-state index in [-0.39, 0.29) is 23.7 Å². The Balaban J connectivity index is 1.48. The molecule has 0 spiro atoms. The molecule has 4 aliphatic rings. The minimum Gasteiger partial charge on any atom is -0.358 e. The van der Waals surface area contributed by atoms with Gasteiger partial charge in [0.05, 0.1) is 11.6 Å². The maximum Gasteiger partial charge on any atom is 0.178 e. The third-order valence-corrected chi connectivity index (χ3v) is 9.01. The number of allylic oxidation sites excluding steroid dienone is 1. The molecule has 8 rings (SSSR count). The first kappa shape index (κ1) is 21.5. The lowest BCUT2D eigenvalue weighted by molar-refractivity contribution is 0.168. The second-order valence-corrected chi connectivity index (χ2v) is 10.7. The standard InChI is InChI=1S/C32H28N6/c1-21-23-13-7-9-15-25(23)36-20-19-35(3)30(36)27-31-37(22-11-5-4-6-12-22)28-29(34-18-17-33-28)38(31)26-16-10-8-14-24(26)32(21,27)2/h4-20,27,30-31H,1H2,2-3H3. The summed E-state index contributed by atoms with van der Waals surface area (Å²) in [7, 11) is 2.19. The van der Waals surface area contributed by atoms with Crippen LogP contribution in [0.25, 0.3) is 5.57 Å². The van der Waals surface area contributed by atoms with Crippen LogP contribution in [0, 0.1) is 5.92 Å². The van der Waals surface area contributed by atoms with Crippen LogP contribution in [-0.2, 0) is 5.41 Å². The molecule has 0 fully saturated rings. The highest BCUT2D eigenvalue weighted by atomic mass is 15.5. The SMILES string of the molecule is C=C1c2ccccc2N2C=CN(C)C2C2C3N(c4ccccc4)c4nccnc4N3c3ccccc3C12C. The van der Waals surface area contributed by atoms with E-state index in [9.17, 15) is 0 Å². The largest absolute Gasteiger partial charge is 0.358 e. The summed E-state index contributed by atoms with van der Waals surface area (Å²) in [6.07, 6.45) is 8.01. The van der Waals surface area contributed by atoms with Gasteiger partial charge in [-0.2, -0.15) is 0 Å². The maximum atomic E-state index is 4.92. The van der Waals surface area contributed by atoms with Gasteiger partial charge in [-0.05, 0) is 35.4 Å². The van der Waals surface area contributed by atoms with Crippen molar-refractivity contribution < 1.29 is 0 Å². The quantitative estimate of drug-likeness (QED) is 0.310. The number of nitrogens with zero attached hydrogens (tertiary/aromatic N) is 6. The van der Waals surface area contributed by atoms with Crippen molar-refractivity contribution in [3.8, 4) is 0 Å². The Hall–Kier alpha value is -4.58. The van der Waals surface area contributed by atoms with E-state index in [1.807, 2.05) is 0 Å². The molecular formula is C32H28N6. The van der Waals surface area contributed by atoms with Crippen LogP contribution in [0.2, 0.25) is 0 Å². The summed E-state index contributed by atoms with van der Waals surface area (Å²) in [6, 6.07) is 28.1. The molecule has 5 heterocycles. The van der Waals surface area contributed by atoms with Crippen LogP contribution >= 0.6 is 0 Å². The van der Waals surface area contributed by atoms with E-state index in [0.29, 0.717) is 0 Å². The van der Waals surface area contributed by atoms with E-state index in [0.717, 1.165) is 28.6 Å². The zero-order chi connectivity index (χ0) is 25.6. The fourth-order valence-electron chi connectivity index (χ4n) is 7.32. The lowest BCUT2D eigenvalue weighted by atomic mass is 9.61. The van der Waals surface area contributed by atoms with E-state index in [1.165, 1.54) is 16.8 Å². The van der Waals surface area contributed by atoms with E-state index >= 15 is 0 Å². The normalized spacial score (nSPS) is 26.3. The van der Waals surface area contributed by atoms with Crippen molar-refractivity contribution >= 4 is 34.3 Å². The summed E-state index contributed by atoms with van der Waals surface area (Å²) >= 11 is 0. The van der Waals surface area contributed by atoms with Crippen molar-refractivity contribution in [3.05, 3.63) is 121 Å². The second kappa shape index (κ2) is 7.48. The minimum absolute atomic E-state index is 0.0572. The first-order valence-corrected chi connectivity index (χ1v) is 13.1. The van der Waals surface area contributed by atoms with Crippen molar-refractivity contribution in [3.63, 3.8) is 0 Å². The second-order valence-electron chi connectivity index (χ2n) is 10.7. The molecule has 4 unspecified atom stereocenters. The van der Waals surface area contributed by atoms with Crippen LogP contribution in [-0.4, -0.2) is 34.2 Å². The van der Waals surface area contributed by atoms with E-state index in [4.69, 9.17) is 16.5 Å². The Morgan fingerprint density at radius 3 is 2.18 bits per heavy atom. The molecule has 4 aliphatic heterocycles. The van der Waals surface area contributed by atoms with Crippen molar-refractivity contribution in [2.24, 2.45) is 5.92 Å². The molecule has 4 aromatic rings. The third kappa shape index (κ3) is 2.52. The topological polar surface area (TPSA) is 38.7 Å². The summed E-state index contributed by atoms with van der Waals surface area (Å²) in [5, 5.41) is 0. The number of hydrogen-bond acceptors (Lipinski definition) is 6. The predicted molar refractivity (Wildman–Crippen MR) is 152 cm³/mol. The fourth-order valence-corrected chi connectivity index (χ4v) is 7.32. The predicted octanol–water partition coefficient (Wildman–Crippen LogP) is 6.26. The third-order valence-electron chi connectivity index (χ3n) is 9.01. The van der Waals surface area contributed by atoms with Gasteiger partial charge in [-0.1, -0.05) is 68.1 Å². The summed E-state index contributed by atoms with van der Waals surface area (Å²) in [5.41, 5.74) is 6.71. The smallest absolute Gasteiger partial charge is 0.178 e. The molecule has 1 aromatic heterocycles. The van der Waals surface area contributed by atoms with Gasteiger partial charge in [0.15, 0.2) is 11.6 Å². The molecule has 186 valence electrons. The average molecular weight is 497 g/mol. The van der Waals surface area contributed by atoms with Gasteiger partial charge in [-0.3, -0.25) is 0 Å². The van der Waals surface area contributed by atoms with Gasteiger partial charge < -0.3 is 19.6 Å². The number of anilines is 5. The molecular weight excluding hydrogens is 468 g/mol. The van der Waals surface area contributed by atoms with E-state index in [2.05, 4.69) is 125 Å². The summed E-state index contributed by atoms with van der Waals surface area (Å²) in [4.78, 5) is 19.5. The highest BCUT2D eigenvalue weighted by Gasteiger charge is 2.62. The summed E-state index contributed by atoms with van der Waals surface area (Å²) in [5.74, 6) is 1.85. The molecule has 0 amide bonds. The molecule has 0 aliphatic carbocycles. The molecule has 38 heavy (non-hydrogen) atoms. The van der Waals surface area contributed by atoms with Gasteiger partial charge in [0, 0.05) is 54.2 Å². The van der Waals surface area contributed by atoms with Crippen LogP contribution in [0.15, 0.2) is 110 Å². The zero-order valence-corrected chi connectivity index (χ0v) is 21.4. The molecule has 0 bridgehead atoms. The Labute approximate surface area is 222 Å². The fraction of sp³-hybridized carbons (Fsp3) is 0.188. The van der Waals surface area contributed by atoms with Crippen LogP contribution < -0.4 is 14.7 Å². The molecule has 4 atom stereocenters. The van der Waals surface area contributed by atoms with Crippen LogP contribution in [0.3, 0.4) is 0 Å². The van der Waals surface area contributed by atoms with E-state index in [1.54, 1.807) is 12.4 Å². The molecule has 0 saturated heterocycles. The zero-order valence-electron chi connectivity index (χ0n) is 21.4. The molecule has 6 nitrogen and oxygen atoms in total. The van der Waals surface area contributed by atoms with Gasteiger partial charge in [0.25, 0.3) is 0 Å². The summed E-state index contributed by atoms with van der Waals surface area (Å²) < 4.78 is 0. The maximum absolute atomic E-state index is 4.92. The van der Waals surface area contributed by atoms with Gasteiger partial charge in [0.2, 0.25) is 0 Å². The summed E-state index contributed by atoms with van der Waals surface area (Å²) in [6.45, 7) is 7.24. The average Bonchev–Trinajstić information content (AvgIpc) is 3.49. The van der Waals surface area contributed by atoms with Crippen molar-refractivity contribution in [2.45, 2.75) is 24.7 Å². The number of aromatic nitrogens is 2. The first-order valence-electron chi connectivity index (χ1n) is 13.1. The Morgan fingerprint density at radius 2 is 1.39 bits per heavy atom. The molecule has 6 heteroatoms. The lowest BCUT2D eigenvalue weighted by Crippen LogP contribution is -2.63.